The molecule has 1 aliphatic heterocycles. The molecule has 5 rings (SSSR count). The molecule has 0 spiro atoms. The fourth-order valence-electron chi connectivity index (χ4n) is 3.72. The van der Waals surface area contributed by atoms with E-state index >= 15 is 0 Å². The van der Waals surface area contributed by atoms with E-state index in [1.165, 1.54) is 10.6 Å². The Morgan fingerprint density at radius 3 is 2.58 bits per heavy atom. The first-order valence-electron chi connectivity index (χ1n) is 10.3. The molecule has 1 amide bonds. The van der Waals surface area contributed by atoms with Gasteiger partial charge in [0, 0.05) is 31.7 Å². The van der Waals surface area contributed by atoms with Crippen molar-refractivity contribution in [2.45, 2.75) is 11.5 Å². The van der Waals surface area contributed by atoms with Gasteiger partial charge in [-0.25, -0.2) is 8.42 Å². The number of fused-ring (bicyclic) bond motifs is 1. The van der Waals surface area contributed by atoms with Gasteiger partial charge in [-0.3, -0.25) is 4.79 Å². The van der Waals surface area contributed by atoms with E-state index < -0.39 is 10.0 Å². The molecule has 2 aromatic heterocycles. The number of furan rings is 1. The van der Waals surface area contributed by atoms with Crippen LogP contribution in [0.3, 0.4) is 0 Å². The molecule has 33 heavy (non-hydrogen) atoms. The van der Waals surface area contributed by atoms with Crippen molar-refractivity contribution >= 4 is 38.7 Å². The van der Waals surface area contributed by atoms with E-state index in [9.17, 15) is 13.2 Å². The molecule has 0 aliphatic carbocycles. The lowest BCUT2D eigenvalue weighted by atomic mass is 10.2. The third kappa shape index (κ3) is 4.22. The molecule has 11 heteroatoms. The van der Waals surface area contributed by atoms with Crippen LogP contribution in [0, 0.1) is 0 Å². The zero-order valence-electron chi connectivity index (χ0n) is 17.5. The quantitative estimate of drug-likeness (QED) is 0.414. The van der Waals surface area contributed by atoms with Crippen molar-refractivity contribution in [3.05, 3.63) is 72.2 Å². The van der Waals surface area contributed by atoms with E-state index in [0.717, 1.165) is 11.7 Å². The smallest absolute Gasteiger partial charge is 0.290 e. The number of sulfonamides is 1. The number of carbonyl (C=O) groups is 1. The second-order valence-electron chi connectivity index (χ2n) is 7.46. The molecule has 4 aromatic rings. The fraction of sp³-hybridized carbons (Fsp3) is 0.227. The number of amides is 1. The van der Waals surface area contributed by atoms with Gasteiger partial charge in [0.05, 0.1) is 18.0 Å². The van der Waals surface area contributed by atoms with Crippen LogP contribution in [0.4, 0.5) is 0 Å². The van der Waals surface area contributed by atoms with Crippen LogP contribution in [-0.2, 0) is 16.6 Å². The summed E-state index contributed by atoms with van der Waals surface area (Å²) in [4.78, 5) is 14.8. The van der Waals surface area contributed by atoms with Crippen LogP contribution >= 0.6 is 11.7 Å². The van der Waals surface area contributed by atoms with Crippen LogP contribution in [0.1, 0.15) is 16.1 Å². The second kappa shape index (κ2) is 8.93. The molecule has 1 saturated heterocycles. The van der Waals surface area contributed by atoms with Gasteiger partial charge >= 0.3 is 0 Å². The summed E-state index contributed by atoms with van der Waals surface area (Å²) < 4.78 is 47.2. The van der Waals surface area contributed by atoms with Crippen LogP contribution in [0.15, 0.2) is 70.2 Å². The van der Waals surface area contributed by atoms with Gasteiger partial charge in [0.1, 0.15) is 28.3 Å². The Bertz CT molecular complexity index is 1380. The maximum atomic E-state index is 13.2. The summed E-state index contributed by atoms with van der Waals surface area (Å²) in [6.07, 6.45) is 1.46. The van der Waals surface area contributed by atoms with Gasteiger partial charge in [0.2, 0.25) is 10.0 Å². The van der Waals surface area contributed by atoms with Crippen LogP contribution in [-0.4, -0.2) is 58.5 Å². The number of nitrogens with zero attached hydrogens (tertiary/aromatic N) is 4. The van der Waals surface area contributed by atoms with Gasteiger partial charge in [0.15, 0.2) is 5.76 Å². The lowest BCUT2D eigenvalue weighted by Gasteiger charge is -2.33. The Balaban J connectivity index is 1.26. The third-order valence-electron chi connectivity index (χ3n) is 5.47. The van der Waals surface area contributed by atoms with E-state index in [2.05, 4.69) is 8.75 Å². The third-order valence-corrected chi connectivity index (χ3v) is 7.94. The lowest BCUT2D eigenvalue weighted by molar-refractivity contribution is 0.0662. The van der Waals surface area contributed by atoms with Crippen molar-refractivity contribution in [2.24, 2.45) is 0 Å². The molecule has 3 heterocycles. The number of carbonyl (C=O) groups excluding carboxylic acids is 1. The van der Waals surface area contributed by atoms with Crippen molar-refractivity contribution in [3.8, 4) is 5.75 Å². The summed E-state index contributed by atoms with van der Waals surface area (Å²) in [6, 6.07) is 16.0. The number of para-hydroxylation sites is 1. The van der Waals surface area contributed by atoms with Crippen molar-refractivity contribution in [3.63, 3.8) is 0 Å². The summed E-state index contributed by atoms with van der Waals surface area (Å²) in [5.74, 6) is 0.622. The molecule has 0 atom stereocenters. The van der Waals surface area contributed by atoms with Gasteiger partial charge in [-0.05, 0) is 30.3 Å². The normalized spacial score (nSPS) is 15.1. The first-order valence-corrected chi connectivity index (χ1v) is 12.5. The molecule has 0 saturated carbocycles. The second-order valence-corrected chi connectivity index (χ2v) is 9.90. The number of rotatable bonds is 6. The standard InChI is InChI=1S/C22H20N4O5S2/c27-22(21-16(9-14-30-21)15-31-17-5-2-1-3-6-17)25-10-12-26(13-11-25)33(28,29)19-8-4-7-18-20(19)24-32-23-18/h1-9,14H,10-13,15H2. The van der Waals surface area contributed by atoms with Crippen LogP contribution in [0.5, 0.6) is 5.75 Å². The average molecular weight is 485 g/mol. The van der Waals surface area contributed by atoms with E-state index in [1.807, 2.05) is 30.3 Å². The van der Waals surface area contributed by atoms with Gasteiger partial charge < -0.3 is 14.1 Å². The first-order chi connectivity index (χ1) is 16.0. The Kier molecular flexibility index (Phi) is 5.83. The lowest BCUT2D eigenvalue weighted by Crippen LogP contribution is -2.50. The first kappa shape index (κ1) is 21.6. The maximum absolute atomic E-state index is 13.2. The topological polar surface area (TPSA) is 106 Å². The fourth-order valence-corrected chi connectivity index (χ4v) is 5.89. The minimum absolute atomic E-state index is 0.139. The highest BCUT2D eigenvalue weighted by molar-refractivity contribution is 7.89. The molecule has 0 unspecified atom stereocenters. The van der Waals surface area contributed by atoms with Gasteiger partial charge in [-0.15, -0.1) is 0 Å². The Morgan fingerprint density at radius 2 is 1.79 bits per heavy atom. The highest BCUT2D eigenvalue weighted by Gasteiger charge is 2.33. The van der Waals surface area contributed by atoms with E-state index in [1.54, 1.807) is 29.2 Å². The number of ether oxygens (including phenoxy) is 1. The Hall–Kier alpha value is -3.28. The molecule has 0 bridgehead atoms. The number of benzene rings is 2. The van der Waals surface area contributed by atoms with Crippen LogP contribution in [0.25, 0.3) is 11.0 Å². The maximum Gasteiger partial charge on any atom is 0.290 e. The summed E-state index contributed by atoms with van der Waals surface area (Å²) in [5, 5.41) is 0. The highest BCUT2D eigenvalue weighted by Crippen LogP contribution is 2.26. The molecular formula is C22H20N4O5S2. The van der Waals surface area contributed by atoms with E-state index in [4.69, 9.17) is 9.15 Å². The average Bonchev–Trinajstić information content (AvgIpc) is 3.52. The highest BCUT2D eigenvalue weighted by atomic mass is 32.2. The van der Waals surface area contributed by atoms with E-state index in [-0.39, 0.29) is 49.3 Å². The predicted molar refractivity (Wildman–Crippen MR) is 122 cm³/mol. The molecule has 1 aliphatic rings. The van der Waals surface area contributed by atoms with Crippen molar-refractivity contribution in [1.82, 2.24) is 18.0 Å². The van der Waals surface area contributed by atoms with E-state index in [0.29, 0.717) is 22.3 Å². The Labute approximate surface area is 194 Å². The van der Waals surface area contributed by atoms with Gasteiger partial charge in [-0.1, -0.05) is 24.3 Å². The molecule has 170 valence electrons. The number of hydrogen-bond acceptors (Lipinski definition) is 8. The minimum atomic E-state index is -3.75. The predicted octanol–water partition coefficient (Wildman–Crippen LogP) is 3.01. The zero-order chi connectivity index (χ0) is 22.8. The van der Waals surface area contributed by atoms with Crippen molar-refractivity contribution < 1.29 is 22.4 Å². The molecule has 9 nitrogen and oxygen atoms in total. The monoisotopic (exact) mass is 484 g/mol. The summed E-state index contributed by atoms with van der Waals surface area (Å²) in [5.41, 5.74) is 1.57. The van der Waals surface area contributed by atoms with Crippen molar-refractivity contribution in [2.75, 3.05) is 26.2 Å². The SMILES string of the molecule is O=C(c1occc1COc1ccccc1)N1CCN(S(=O)(=O)c2cccc3nsnc23)CC1. The van der Waals surface area contributed by atoms with Gasteiger partial charge in [-0.2, -0.15) is 13.1 Å². The number of hydrogen-bond donors (Lipinski definition) is 0. The van der Waals surface area contributed by atoms with Gasteiger partial charge in [0.25, 0.3) is 5.91 Å². The van der Waals surface area contributed by atoms with Crippen LogP contribution in [0.2, 0.25) is 0 Å². The largest absolute Gasteiger partial charge is 0.489 e. The molecule has 0 N–H and O–H groups in total. The number of piperazine rings is 1. The number of aromatic nitrogens is 2. The summed E-state index contributed by atoms with van der Waals surface area (Å²) >= 11 is 0.980. The summed E-state index contributed by atoms with van der Waals surface area (Å²) in [7, 11) is -3.75. The zero-order valence-corrected chi connectivity index (χ0v) is 19.1. The van der Waals surface area contributed by atoms with Crippen LogP contribution < -0.4 is 4.74 Å². The summed E-state index contributed by atoms with van der Waals surface area (Å²) in [6.45, 7) is 1.06. The molecule has 0 radical (unpaired) electrons. The van der Waals surface area contributed by atoms with Crippen molar-refractivity contribution in [1.29, 1.82) is 0 Å². The molecular weight excluding hydrogens is 464 g/mol. The molecule has 2 aromatic carbocycles. The molecule has 1 fully saturated rings. The minimum Gasteiger partial charge on any atom is -0.489 e. The Morgan fingerprint density at radius 1 is 1.00 bits per heavy atom.